The topological polar surface area (TPSA) is 66.9 Å². The van der Waals surface area contributed by atoms with Crippen LogP contribution < -0.4 is 0 Å². The van der Waals surface area contributed by atoms with Crippen molar-refractivity contribution < 1.29 is 19.1 Å². The first-order valence-corrected chi connectivity index (χ1v) is 12.1. The molecule has 1 saturated carbocycles. The minimum atomic E-state index is -0.704. The zero-order valence-electron chi connectivity index (χ0n) is 19.4. The molecule has 3 aliphatic heterocycles. The van der Waals surface area contributed by atoms with Crippen LogP contribution in [0.4, 0.5) is 0 Å². The highest BCUT2D eigenvalue weighted by Gasteiger charge is 2.57. The fraction of sp³-hybridized carbons (Fsp3) is 0.393. The van der Waals surface area contributed by atoms with E-state index in [0.29, 0.717) is 31.6 Å². The first kappa shape index (κ1) is 21.1. The number of likely N-dealkylation sites (tertiary alicyclic amines) is 1. The van der Waals surface area contributed by atoms with E-state index in [0.717, 1.165) is 42.5 Å². The van der Waals surface area contributed by atoms with Gasteiger partial charge in [-0.3, -0.25) is 9.59 Å². The smallest absolute Gasteiger partial charge is 0.339 e. The van der Waals surface area contributed by atoms with Crippen molar-refractivity contribution >= 4 is 23.4 Å². The highest BCUT2D eigenvalue weighted by atomic mass is 16.6. The molecule has 6 nitrogen and oxygen atoms in total. The SMILES string of the molecule is CC(=O)N1CC=C(c2ccc(C3(C(=O)N4CCC5(C4)OC(=O)c4ccccc45)CC3)cc2)CC1. The van der Waals surface area contributed by atoms with Gasteiger partial charge in [-0.1, -0.05) is 48.5 Å². The molecular weight excluding hydrogens is 428 g/mol. The Morgan fingerprint density at radius 3 is 2.38 bits per heavy atom. The molecule has 0 bridgehead atoms. The standard InChI is InChI=1S/C28H28N2O4/c1-19(31)29-15-10-21(11-16-29)20-6-8-22(9-7-20)27(12-13-27)26(33)30-17-14-28(18-30)24-5-3-2-4-23(24)25(32)34-28/h2-10H,11-18H2,1H3. The van der Waals surface area contributed by atoms with Crippen molar-refractivity contribution in [1.82, 2.24) is 9.80 Å². The normalized spacial score (nSPS) is 24.6. The van der Waals surface area contributed by atoms with E-state index < -0.39 is 11.0 Å². The molecule has 1 atom stereocenters. The number of amides is 2. The number of hydrogen-bond donors (Lipinski definition) is 0. The minimum Gasteiger partial charge on any atom is -0.449 e. The second kappa shape index (κ2) is 7.55. The number of esters is 1. The van der Waals surface area contributed by atoms with Gasteiger partial charge in [0.1, 0.15) is 0 Å². The van der Waals surface area contributed by atoms with Crippen LogP contribution in [0.3, 0.4) is 0 Å². The van der Waals surface area contributed by atoms with E-state index in [9.17, 15) is 14.4 Å². The van der Waals surface area contributed by atoms with Gasteiger partial charge in [-0.05, 0) is 42.0 Å². The third kappa shape index (κ3) is 3.19. The molecule has 1 aliphatic carbocycles. The van der Waals surface area contributed by atoms with Gasteiger partial charge < -0.3 is 14.5 Å². The Bertz CT molecular complexity index is 1230. The van der Waals surface area contributed by atoms with E-state index in [1.807, 2.05) is 28.0 Å². The maximum atomic E-state index is 13.7. The Morgan fingerprint density at radius 2 is 1.71 bits per heavy atom. The van der Waals surface area contributed by atoms with Crippen molar-refractivity contribution in [2.45, 2.75) is 43.6 Å². The molecule has 0 radical (unpaired) electrons. The highest BCUT2D eigenvalue weighted by molar-refractivity contribution is 5.96. The molecule has 174 valence electrons. The molecule has 2 aromatic carbocycles. The summed E-state index contributed by atoms with van der Waals surface area (Å²) in [5, 5.41) is 0. The van der Waals surface area contributed by atoms with Gasteiger partial charge in [0, 0.05) is 38.5 Å². The highest BCUT2D eigenvalue weighted by Crippen LogP contribution is 2.52. The number of nitrogens with zero attached hydrogens (tertiary/aromatic N) is 2. The van der Waals surface area contributed by atoms with Crippen LogP contribution in [0.25, 0.3) is 5.57 Å². The van der Waals surface area contributed by atoms with Crippen molar-refractivity contribution in [3.05, 3.63) is 76.9 Å². The quantitative estimate of drug-likeness (QED) is 0.662. The molecule has 1 saturated heterocycles. The number of carbonyl (C=O) groups is 3. The molecule has 4 aliphatic rings. The number of rotatable bonds is 3. The summed E-state index contributed by atoms with van der Waals surface area (Å²) in [6.45, 7) is 4.03. The third-order valence-corrected chi connectivity index (χ3v) is 8.07. The van der Waals surface area contributed by atoms with E-state index in [4.69, 9.17) is 4.74 Å². The Labute approximate surface area is 199 Å². The van der Waals surface area contributed by atoms with Gasteiger partial charge in [-0.15, -0.1) is 0 Å². The van der Waals surface area contributed by atoms with Crippen LogP contribution in [0.5, 0.6) is 0 Å². The summed E-state index contributed by atoms with van der Waals surface area (Å²) >= 11 is 0. The van der Waals surface area contributed by atoms with E-state index in [2.05, 4.69) is 30.3 Å². The van der Waals surface area contributed by atoms with Crippen LogP contribution in [-0.4, -0.2) is 53.8 Å². The summed E-state index contributed by atoms with van der Waals surface area (Å²) in [7, 11) is 0. The largest absolute Gasteiger partial charge is 0.449 e. The maximum absolute atomic E-state index is 13.7. The zero-order chi connectivity index (χ0) is 23.5. The number of carbonyl (C=O) groups excluding carboxylic acids is 3. The molecule has 2 aromatic rings. The lowest BCUT2D eigenvalue weighted by Gasteiger charge is -2.27. The Hall–Kier alpha value is -3.41. The summed E-state index contributed by atoms with van der Waals surface area (Å²) in [6.07, 6.45) is 5.31. The lowest BCUT2D eigenvalue weighted by atomic mass is 9.90. The molecule has 0 aromatic heterocycles. The molecule has 3 heterocycles. The lowest BCUT2D eigenvalue weighted by Crippen LogP contribution is -2.40. The van der Waals surface area contributed by atoms with Gasteiger partial charge >= 0.3 is 5.97 Å². The van der Waals surface area contributed by atoms with Crippen molar-refractivity contribution in [3.63, 3.8) is 0 Å². The molecule has 2 fully saturated rings. The fourth-order valence-electron chi connectivity index (χ4n) is 5.88. The summed E-state index contributed by atoms with van der Waals surface area (Å²) < 4.78 is 5.84. The van der Waals surface area contributed by atoms with Crippen LogP contribution in [0.1, 0.15) is 59.7 Å². The molecule has 6 heteroatoms. The predicted octanol–water partition coefficient (Wildman–Crippen LogP) is 3.65. The molecule has 34 heavy (non-hydrogen) atoms. The van der Waals surface area contributed by atoms with Crippen LogP contribution in [0.2, 0.25) is 0 Å². The molecular formula is C28H28N2O4. The average Bonchev–Trinajstić information content (AvgIpc) is 3.50. The van der Waals surface area contributed by atoms with Gasteiger partial charge in [0.2, 0.25) is 11.8 Å². The Kier molecular flexibility index (Phi) is 4.70. The lowest BCUT2D eigenvalue weighted by molar-refractivity contribution is -0.134. The van der Waals surface area contributed by atoms with Crippen molar-refractivity contribution in [1.29, 1.82) is 0 Å². The number of fused-ring (bicyclic) bond motifs is 2. The van der Waals surface area contributed by atoms with Crippen molar-refractivity contribution in [3.8, 4) is 0 Å². The Morgan fingerprint density at radius 1 is 0.941 bits per heavy atom. The molecule has 1 spiro atoms. The van der Waals surface area contributed by atoms with E-state index >= 15 is 0 Å². The van der Waals surface area contributed by atoms with Crippen LogP contribution in [0, 0.1) is 0 Å². The second-order valence-electron chi connectivity index (χ2n) is 10.0. The second-order valence-corrected chi connectivity index (χ2v) is 10.0. The van der Waals surface area contributed by atoms with Crippen LogP contribution in [0.15, 0.2) is 54.6 Å². The maximum Gasteiger partial charge on any atom is 0.339 e. The number of ether oxygens (including phenoxy) is 1. The predicted molar refractivity (Wildman–Crippen MR) is 127 cm³/mol. The monoisotopic (exact) mass is 456 g/mol. The van der Waals surface area contributed by atoms with E-state index in [1.165, 1.54) is 5.57 Å². The zero-order valence-corrected chi connectivity index (χ0v) is 19.4. The fourth-order valence-corrected chi connectivity index (χ4v) is 5.88. The van der Waals surface area contributed by atoms with Gasteiger partial charge in [-0.2, -0.15) is 0 Å². The first-order valence-electron chi connectivity index (χ1n) is 12.1. The van der Waals surface area contributed by atoms with E-state index in [-0.39, 0.29) is 17.8 Å². The third-order valence-electron chi connectivity index (χ3n) is 8.07. The van der Waals surface area contributed by atoms with Gasteiger partial charge in [-0.25, -0.2) is 4.79 Å². The minimum absolute atomic E-state index is 0.111. The van der Waals surface area contributed by atoms with Crippen LogP contribution >= 0.6 is 0 Å². The summed E-state index contributed by atoms with van der Waals surface area (Å²) in [4.78, 5) is 41.4. The first-order chi connectivity index (χ1) is 16.4. The Balaban J connectivity index is 1.19. The molecule has 2 amide bonds. The summed E-state index contributed by atoms with van der Waals surface area (Å²) in [5.74, 6) is -0.0315. The van der Waals surface area contributed by atoms with E-state index in [1.54, 1.807) is 13.0 Å². The molecule has 0 N–H and O–H groups in total. The van der Waals surface area contributed by atoms with Gasteiger partial charge in [0.05, 0.1) is 17.5 Å². The summed E-state index contributed by atoms with van der Waals surface area (Å²) in [5.41, 5.74) is 3.84. The molecule has 1 unspecified atom stereocenters. The number of hydrogen-bond acceptors (Lipinski definition) is 4. The average molecular weight is 457 g/mol. The molecule has 6 rings (SSSR count). The van der Waals surface area contributed by atoms with Crippen LogP contribution in [-0.2, 0) is 25.3 Å². The number of benzene rings is 2. The summed E-state index contributed by atoms with van der Waals surface area (Å²) in [6, 6.07) is 15.9. The van der Waals surface area contributed by atoms with Gasteiger partial charge in [0.15, 0.2) is 5.60 Å². The van der Waals surface area contributed by atoms with Crippen molar-refractivity contribution in [2.75, 3.05) is 26.2 Å². The van der Waals surface area contributed by atoms with Crippen molar-refractivity contribution in [2.24, 2.45) is 0 Å². The van der Waals surface area contributed by atoms with Gasteiger partial charge in [0.25, 0.3) is 0 Å².